The summed E-state index contributed by atoms with van der Waals surface area (Å²) >= 11 is 0. The molecule has 0 radical (unpaired) electrons. The molecule has 138 valence electrons. The zero-order valence-electron chi connectivity index (χ0n) is 15.0. The maximum atomic E-state index is 11.8. The molecule has 5 nitrogen and oxygen atoms in total. The van der Waals surface area contributed by atoms with Crippen LogP contribution in [-0.4, -0.2) is 20.1 Å². The maximum Gasteiger partial charge on any atom is 0.412 e. The number of rotatable bonds is 5. The van der Waals surface area contributed by atoms with Crippen LogP contribution in [0.1, 0.15) is 37.1 Å². The fourth-order valence-corrected chi connectivity index (χ4v) is 2.90. The molecule has 0 heterocycles. The average Bonchev–Trinajstić information content (AvgIpc) is 2.55. The number of thiol groups is 1. The van der Waals surface area contributed by atoms with E-state index >= 15 is 0 Å². The number of ether oxygens (including phenoxy) is 1. The number of anilines is 1. The van der Waals surface area contributed by atoms with Crippen LogP contribution >= 0.6 is 0 Å². The van der Waals surface area contributed by atoms with Crippen molar-refractivity contribution in [3.63, 3.8) is 0 Å². The van der Waals surface area contributed by atoms with Crippen LogP contribution in [0, 0.1) is 0 Å². The van der Waals surface area contributed by atoms with Gasteiger partial charge in [0.15, 0.2) is 10.7 Å². The predicted molar refractivity (Wildman–Crippen MR) is 105 cm³/mol. The molecule has 0 aliphatic heterocycles. The van der Waals surface area contributed by atoms with Crippen LogP contribution in [0.2, 0.25) is 0 Å². The Morgan fingerprint density at radius 3 is 2.19 bits per heavy atom. The van der Waals surface area contributed by atoms with Gasteiger partial charge in [0, 0.05) is 5.69 Å². The second-order valence-electron chi connectivity index (χ2n) is 6.75. The standard InChI is InChI=1S/C20H23NO4S/c1-20(2,3)25-19(22)21-17-12-10-16(11-13-17)18(26(23)24)14-9-15-7-5-4-6-8-15/h4-14,18,26H,1-3H3,(H,21,22). The molecule has 0 bridgehead atoms. The minimum Gasteiger partial charge on any atom is -0.444 e. The van der Waals surface area contributed by atoms with Gasteiger partial charge in [-0.2, -0.15) is 0 Å². The first-order valence-corrected chi connectivity index (χ1v) is 9.46. The monoisotopic (exact) mass is 373 g/mol. The number of benzene rings is 2. The Hall–Kier alpha value is -2.60. The van der Waals surface area contributed by atoms with Gasteiger partial charge in [-0.05, 0) is 44.0 Å². The molecule has 2 aromatic rings. The fourth-order valence-electron chi connectivity index (χ4n) is 2.25. The van der Waals surface area contributed by atoms with E-state index in [0.717, 1.165) is 5.56 Å². The number of hydrogen-bond donors (Lipinski definition) is 2. The first-order valence-electron chi connectivity index (χ1n) is 8.21. The number of hydrogen-bond acceptors (Lipinski definition) is 4. The van der Waals surface area contributed by atoms with Crippen molar-refractivity contribution in [1.82, 2.24) is 0 Å². The Morgan fingerprint density at radius 1 is 1.04 bits per heavy atom. The molecule has 0 saturated carbocycles. The first kappa shape index (κ1) is 19.7. The molecule has 0 aromatic heterocycles. The van der Waals surface area contributed by atoms with Gasteiger partial charge in [-0.3, -0.25) is 5.32 Å². The van der Waals surface area contributed by atoms with Gasteiger partial charge in [-0.25, -0.2) is 13.2 Å². The van der Waals surface area contributed by atoms with E-state index in [1.807, 2.05) is 30.3 Å². The van der Waals surface area contributed by atoms with Crippen LogP contribution in [0.15, 0.2) is 60.7 Å². The number of nitrogens with one attached hydrogen (secondary N) is 1. The summed E-state index contributed by atoms with van der Waals surface area (Å²) in [5.41, 5.74) is 1.51. The Bertz CT molecular complexity index is 826. The van der Waals surface area contributed by atoms with Gasteiger partial charge in [0.1, 0.15) is 10.9 Å². The van der Waals surface area contributed by atoms with Crippen molar-refractivity contribution < 1.29 is 17.9 Å². The van der Waals surface area contributed by atoms with Gasteiger partial charge in [0.05, 0.1) is 0 Å². The van der Waals surface area contributed by atoms with E-state index in [0.29, 0.717) is 11.3 Å². The third kappa shape index (κ3) is 6.37. The van der Waals surface area contributed by atoms with E-state index in [1.165, 1.54) is 0 Å². The third-order valence-corrected chi connectivity index (χ3v) is 4.32. The maximum absolute atomic E-state index is 11.8. The van der Waals surface area contributed by atoms with E-state index in [1.54, 1.807) is 57.2 Å². The summed E-state index contributed by atoms with van der Waals surface area (Å²) in [7, 11) is -2.68. The molecule has 0 aliphatic carbocycles. The minimum atomic E-state index is -2.68. The zero-order valence-corrected chi connectivity index (χ0v) is 15.9. The second-order valence-corrected chi connectivity index (χ2v) is 7.88. The Labute approximate surface area is 155 Å². The van der Waals surface area contributed by atoms with Gasteiger partial charge in [0.2, 0.25) is 0 Å². The van der Waals surface area contributed by atoms with Crippen molar-refractivity contribution in [2.45, 2.75) is 31.6 Å². The fraction of sp³-hybridized carbons (Fsp3) is 0.250. The predicted octanol–water partition coefficient (Wildman–Crippen LogP) is 4.40. The number of amides is 1. The lowest BCUT2D eigenvalue weighted by Crippen LogP contribution is -2.27. The molecular formula is C20H23NO4S. The molecule has 1 N–H and O–H groups in total. The van der Waals surface area contributed by atoms with Crippen LogP contribution in [-0.2, 0) is 15.4 Å². The van der Waals surface area contributed by atoms with Crippen molar-refractivity contribution in [3.05, 3.63) is 71.8 Å². The molecule has 6 heteroatoms. The summed E-state index contributed by atoms with van der Waals surface area (Å²) in [4.78, 5) is 11.8. The van der Waals surface area contributed by atoms with Crippen LogP contribution in [0.4, 0.5) is 10.5 Å². The second kappa shape index (κ2) is 8.67. The van der Waals surface area contributed by atoms with Crippen molar-refractivity contribution >= 4 is 28.6 Å². The molecule has 0 aliphatic rings. The minimum absolute atomic E-state index is 0.537. The van der Waals surface area contributed by atoms with Gasteiger partial charge in [-0.1, -0.05) is 54.6 Å². The van der Waals surface area contributed by atoms with E-state index in [4.69, 9.17) is 4.74 Å². The third-order valence-electron chi connectivity index (χ3n) is 3.40. The average molecular weight is 373 g/mol. The molecule has 1 unspecified atom stereocenters. The van der Waals surface area contributed by atoms with Gasteiger partial charge in [0.25, 0.3) is 0 Å². The highest BCUT2D eigenvalue weighted by Crippen LogP contribution is 2.22. The van der Waals surface area contributed by atoms with Gasteiger partial charge < -0.3 is 4.74 Å². The van der Waals surface area contributed by atoms with E-state index < -0.39 is 27.6 Å². The summed E-state index contributed by atoms with van der Waals surface area (Å²) in [6.45, 7) is 5.35. The largest absolute Gasteiger partial charge is 0.444 e. The van der Waals surface area contributed by atoms with Crippen LogP contribution in [0.25, 0.3) is 6.08 Å². The lowest BCUT2D eigenvalue weighted by atomic mass is 10.1. The van der Waals surface area contributed by atoms with E-state index in [-0.39, 0.29) is 0 Å². The zero-order chi connectivity index (χ0) is 19.2. The molecule has 2 aromatic carbocycles. The molecule has 1 amide bonds. The number of carbonyl (C=O) groups excluding carboxylic acids is 1. The molecule has 2 rings (SSSR count). The molecule has 0 saturated heterocycles. The van der Waals surface area contributed by atoms with Crippen LogP contribution < -0.4 is 5.32 Å². The van der Waals surface area contributed by atoms with Gasteiger partial charge >= 0.3 is 6.09 Å². The quantitative estimate of drug-likeness (QED) is 0.762. The SMILES string of the molecule is CC(C)(C)OC(=O)Nc1ccc(C(C=Cc2ccccc2)[SH](=O)=O)cc1. The van der Waals surface area contributed by atoms with Crippen molar-refractivity contribution in [2.75, 3.05) is 5.32 Å². The number of carbonyl (C=O) groups is 1. The lowest BCUT2D eigenvalue weighted by molar-refractivity contribution is 0.0636. The van der Waals surface area contributed by atoms with Crippen molar-refractivity contribution in [2.24, 2.45) is 0 Å². The normalized spacial score (nSPS) is 12.9. The topological polar surface area (TPSA) is 72.5 Å². The molecule has 26 heavy (non-hydrogen) atoms. The van der Waals surface area contributed by atoms with Crippen LogP contribution in [0.5, 0.6) is 0 Å². The highest BCUT2D eigenvalue weighted by molar-refractivity contribution is 7.72. The highest BCUT2D eigenvalue weighted by Gasteiger charge is 2.16. The summed E-state index contributed by atoms with van der Waals surface area (Å²) in [6, 6.07) is 16.2. The van der Waals surface area contributed by atoms with Crippen molar-refractivity contribution in [3.8, 4) is 0 Å². The Kier molecular flexibility index (Phi) is 6.58. The Morgan fingerprint density at radius 2 is 1.65 bits per heavy atom. The molecule has 0 spiro atoms. The molecule has 0 fully saturated rings. The van der Waals surface area contributed by atoms with Crippen molar-refractivity contribution in [1.29, 1.82) is 0 Å². The smallest absolute Gasteiger partial charge is 0.412 e. The summed E-state index contributed by atoms with van der Waals surface area (Å²) in [5, 5.41) is 1.89. The molecule has 1 atom stereocenters. The summed E-state index contributed by atoms with van der Waals surface area (Å²) < 4.78 is 28.5. The highest BCUT2D eigenvalue weighted by atomic mass is 32.2. The summed E-state index contributed by atoms with van der Waals surface area (Å²) in [5.74, 6) is 0. The van der Waals surface area contributed by atoms with E-state index in [2.05, 4.69) is 5.32 Å². The van der Waals surface area contributed by atoms with Crippen LogP contribution in [0.3, 0.4) is 0 Å². The van der Waals surface area contributed by atoms with E-state index in [9.17, 15) is 13.2 Å². The molecular weight excluding hydrogens is 350 g/mol. The Balaban J connectivity index is 2.11. The lowest BCUT2D eigenvalue weighted by Gasteiger charge is -2.19. The first-order chi connectivity index (χ1) is 12.2. The summed E-state index contributed by atoms with van der Waals surface area (Å²) in [6.07, 6.45) is 2.88. The van der Waals surface area contributed by atoms with Gasteiger partial charge in [-0.15, -0.1) is 0 Å².